The Bertz CT molecular complexity index is 962. The molecular formula is C22H24N2O4S. The molecule has 29 heavy (non-hydrogen) atoms. The van der Waals surface area contributed by atoms with E-state index in [1.165, 1.54) is 7.11 Å². The first-order valence-corrected chi connectivity index (χ1v) is 10.0. The van der Waals surface area contributed by atoms with Crippen LogP contribution >= 0.6 is 12.2 Å². The van der Waals surface area contributed by atoms with Crippen LogP contribution in [0.2, 0.25) is 0 Å². The normalized spacial score (nSPS) is 24.8. The largest absolute Gasteiger partial charge is 0.490 e. The van der Waals surface area contributed by atoms with Gasteiger partial charge in [-0.15, -0.1) is 0 Å². The predicted molar refractivity (Wildman–Crippen MR) is 114 cm³/mol. The maximum atomic E-state index is 12.9. The zero-order valence-corrected chi connectivity index (χ0v) is 17.7. The van der Waals surface area contributed by atoms with E-state index in [-0.39, 0.29) is 12.0 Å². The van der Waals surface area contributed by atoms with E-state index in [2.05, 4.69) is 5.32 Å². The van der Waals surface area contributed by atoms with Crippen LogP contribution in [0.1, 0.15) is 31.0 Å². The summed E-state index contributed by atoms with van der Waals surface area (Å²) in [5.41, 5.74) is 1.70. The second kappa shape index (κ2) is 7.22. The number of ether oxygens (including phenoxy) is 3. The van der Waals surface area contributed by atoms with Gasteiger partial charge in [0.25, 0.3) is 0 Å². The molecule has 3 atom stereocenters. The number of aryl methyl sites for hydroxylation is 1. The summed E-state index contributed by atoms with van der Waals surface area (Å²) in [4.78, 5) is 14.8. The van der Waals surface area contributed by atoms with Crippen LogP contribution in [0.3, 0.4) is 0 Å². The Balaban J connectivity index is 1.91. The number of thiocarbonyl (C=S) groups is 1. The van der Waals surface area contributed by atoms with Gasteiger partial charge >= 0.3 is 5.97 Å². The SMILES string of the molecule is CCOc1cccc2c1O[C@@]1(C)[C@@H](C(=O)OC)[C@H]2NC(=S)N1c1ccc(C)cc1. The van der Waals surface area contributed by atoms with E-state index in [1.54, 1.807) is 0 Å². The number of anilines is 1. The Morgan fingerprint density at radius 3 is 2.66 bits per heavy atom. The van der Waals surface area contributed by atoms with Gasteiger partial charge in [-0.2, -0.15) is 0 Å². The summed E-state index contributed by atoms with van der Waals surface area (Å²) in [7, 11) is 1.39. The Hall–Kier alpha value is -2.80. The summed E-state index contributed by atoms with van der Waals surface area (Å²) < 4.78 is 17.5. The Kier molecular flexibility index (Phi) is 4.86. The smallest absolute Gasteiger partial charge is 0.317 e. The van der Waals surface area contributed by atoms with Gasteiger partial charge in [-0.3, -0.25) is 9.69 Å². The molecule has 4 rings (SSSR count). The Morgan fingerprint density at radius 2 is 2.00 bits per heavy atom. The maximum Gasteiger partial charge on any atom is 0.317 e. The molecular weight excluding hydrogens is 388 g/mol. The van der Waals surface area contributed by atoms with Gasteiger partial charge in [0, 0.05) is 11.3 Å². The van der Waals surface area contributed by atoms with Gasteiger partial charge in [0.15, 0.2) is 16.6 Å². The molecule has 0 amide bonds. The van der Waals surface area contributed by atoms with Crippen molar-refractivity contribution in [2.45, 2.75) is 32.5 Å². The van der Waals surface area contributed by atoms with Crippen molar-refractivity contribution in [1.82, 2.24) is 5.32 Å². The van der Waals surface area contributed by atoms with Gasteiger partial charge in [-0.25, -0.2) is 0 Å². The lowest BCUT2D eigenvalue weighted by Gasteiger charge is -2.55. The molecule has 7 heteroatoms. The van der Waals surface area contributed by atoms with Gasteiger partial charge in [0.05, 0.1) is 19.8 Å². The molecule has 2 aliphatic heterocycles. The zero-order valence-electron chi connectivity index (χ0n) is 16.9. The first kappa shape index (κ1) is 19.5. The van der Waals surface area contributed by atoms with Crippen molar-refractivity contribution in [3.05, 3.63) is 53.6 Å². The van der Waals surface area contributed by atoms with Gasteiger partial charge in [0.2, 0.25) is 5.72 Å². The summed E-state index contributed by atoms with van der Waals surface area (Å²) in [6.45, 7) is 6.33. The minimum absolute atomic E-state index is 0.364. The first-order valence-electron chi connectivity index (χ1n) is 9.60. The van der Waals surface area contributed by atoms with Crippen LogP contribution in [-0.2, 0) is 9.53 Å². The lowest BCUT2D eigenvalue weighted by molar-refractivity contribution is -0.157. The minimum Gasteiger partial charge on any atom is -0.490 e. The average Bonchev–Trinajstić information content (AvgIpc) is 2.69. The minimum atomic E-state index is -1.09. The molecule has 152 valence electrons. The summed E-state index contributed by atoms with van der Waals surface area (Å²) in [5.74, 6) is 0.263. The molecule has 2 aromatic carbocycles. The quantitative estimate of drug-likeness (QED) is 0.607. The molecule has 0 unspecified atom stereocenters. The third kappa shape index (κ3) is 3.00. The van der Waals surface area contributed by atoms with Crippen LogP contribution in [0.25, 0.3) is 0 Å². The molecule has 2 aliphatic rings. The summed E-state index contributed by atoms with van der Waals surface area (Å²) in [6, 6.07) is 13.2. The third-order valence-electron chi connectivity index (χ3n) is 5.54. The summed E-state index contributed by atoms with van der Waals surface area (Å²) in [6.07, 6.45) is 0. The van der Waals surface area contributed by atoms with Gasteiger partial charge in [-0.05, 0) is 51.2 Å². The van der Waals surface area contributed by atoms with Crippen molar-refractivity contribution < 1.29 is 19.0 Å². The van der Waals surface area contributed by atoms with Gasteiger partial charge in [-0.1, -0.05) is 29.8 Å². The summed E-state index contributed by atoms with van der Waals surface area (Å²) in [5, 5.41) is 3.84. The third-order valence-corrected chi connectivity index (χ3v) is 5.84. The van der Waals surface area contributed by atoms with E-state index >= 15 is 0 Å². The van der Waals surface area contributed by atoms with E-state index in [4.69, 9.17) is 26.4 Å². The molecule has 1 fully saturated rings. The molecule has 1 N–H and O–H groups in total. The number of methoxy groups -OCH3 is 1. The van der Waals surface area contributed by atoms with Crippen LogP contribution in [0.4, 0.5) is 5.69 Å². The van der Waals surface area contributed by atoms with Gasteiger partial charge in [0.1, 0.15) is 5.92 Å². The Labute approximate surface area is 175 Å². The topological polar surface area (TPSA) is 60.0 Å². The number of carbonyl (C=O) groups excluding carboxylic acids is 1. The van der Waals surface area contributed by atoms with Crippen LogP contribution in [0, 0.1) is 12.8 Å². The zero-order chi connectivity index (χ0) is 20.8. The predicted octanol–water partition coefficient (Wildman–Crippen LogP) is 3.73. The van der Waals surface area contributed by atoms with Crippen molar-refractivity contribution in [3.8, 4) is 11.5 Å². The molecule has 0 aromatic heterocycles. The second-order valence-corrected chi connectivity index (χ2v) is 7.75. The van der Waals surface area contributed by atoms with E-state index in [9.17, 15) is 4.79 Å². The molecule has 1 saturated heterocycles. The fourth-order valence-electron chi connectivity index (χ4n) is 4.21. The number of nitrogens with one attached hydrogen (secondary N) is 1. The number of hydrogen-bond acceptors (Lipinski definition) is 5. The highest BCUT2D eigenvalue weighted by Gasteiger charge is 2.60. The standard InChI is InChI=1S/C22H24N2O4S/c1-5-27-16-8-6-7-15-18-17(20(25)26-4)22(3,28-19(15)16)24(21(29)23-18)14-11-9-13(2)10-12-14/h6-12,17-18H,5H2,1-4H3,(H,23,29)/t17-,18+,22+/m1/s1. The fourth-order valence-corrected chi connectivity index (χ4v) is 4.62. The lowest BCUT2D eigenvalue weighted by Crippen LogP contribution is -2.71. The molecule has 0 aliphatic carbocycles. The van der Waals surface area contributed by atoms with Crippen molar-refractivity contribution in [2.24, 2.45) is 5.92 Å². The maximum absolute atomic E-state index is 12.9. The summed E-state index contributed by atoms with van der Waals surface area (Å²) >= 11 is 5.71. The number of benzene rings is 2. The number of hydrogen-bond donors (Lipinski definition) is 1. The lowest BCUT2D eigenvalue weighted by atomic mass is 9.79. The highest BCUT2D eigenvalue weighted by atomic mass is 32.1. The van der Waals surface area contributed by atoms with E-state index in [1.807, 2.05) is 68.1 Å². The molecule has 6 nitrogen and oxygen atoms in total. The van der Waals surface area contributed by atoms with Crippen molar-refractivity contribution in [1.29, 1.82) is 0 Å². The van der Waals surface area contributed by atoms with E-state index < -0.39 is 11.6 Å². The monoisotopic (exact) mass is 412 g/mol. The molecule has 2 bridgehead atoms. The molecule has 0 spiro atoms. The number of carbonyl (C=O) groups is 1. The number of para-hydroxylation sites is 1. The molecule has 0 radical (unpaired) electrons. The van der Waals surface area contributed by atoms with Crippen molar-refractivity contribution in [2.75, 3.05) is 18.6 Å². The second-order valence-electron chi connectivity index (χ2n) is 7.36. The molecule has 2 heterocycles. The molecule has 2 aromatic rings. The van der Waals surface area contributed by atoms with Crippen molar-refractivity contribution >= 4 is 29.0 Å². The van der Waals surface area contributed by atoms with Crippen LogP contribution < -0.4 is 19.7 Å². The number of esters is 1. The average molecular weight is 413 g/mol. The van der Waals surface area contributed by atoms with Crippen LogP contribution in [0.15, 0.2) is 42.5 Å². The Morgan fingerprint density at radius 1 is 1.28 bits per heavy atom. The van der Waals surface area contributed by atoms with E-state index in [0.717, 1.165) is 16.8 Å². The van der Waals surface area contributed by atoms with Crippen LogP contribution in [0.5, 0.6) is 11.5 Å². The fraction of sp³-hybridized carbons (Fsp3) is 0.364. The highest BCUT2D eigenvalue weighted by Crippen LogP contribution is 2.52. The highest BCUT2D eigenvalue weighted by molar-refractivity contribution is 7.80. The molecule has 0 saturated carbocycles. The number of fused-ring (bicyclic) bond motifs is 4. The van der Waals surface area contributed by atoms with Crippen LogP contribution in [-0.4, -0.2) is 30.5 Å². The van der Waals surface area contributed by atoms with E-state index in [0.29, 0.717) is 23.2 Å². The van der Waals surface area contributed by atoms with Crippen molar-refractivity contribution in [3.63, 3.8) is 0 Å². The first-order chi connectivity index (χ1) is 13.9. The number of nitrogens with zero attached hydrogens (tertiary/aromatic N) is 1. The van der Waals surface area contributed by atoms with Gasteiger partial charge < -0.3 is 19.5 Å². The number of rotatable bonds is 4.